The van der Waals surface area contributed by atoms with E-state index in [0.717, 1.165) is 6.07 Å². The highest BCUT2D eigenvalue weighted by Gasteiger charge is 2.35. The summed E-state index contributed by atoms with van der Waals surface area (Å²) in [6.45, 7) is 0.392. The first-order valence-corrected chi connectivity index (χ1v) is 12.0. The normalized spacial score (nSPS) is 15.3. The lowest BCUT2D eigenvalue weighted by molar-refractivity contribution is -0.147. The van der Waals surface area contributed by atoms with Gasteiger partial charge < -0.3 is 25.5 Å². The Morgan fingerprint density at radius 2 is 1.90 bits per heavy atom. The first kappa shape index (κ1) is 27.6. The molecule has 0 spiro atoms. The number of nitrogens with one attached hydrogen (secondary N) is 2. The number of alkyl halides is 3. The predicted molar refractivity (Wildman–Crippen MR) is 135 cm³/mol. The Labute approximate surface area is 219 Å². The molecule has 2 aromatic carbocycles. The van der Waals surface area contributed by atoms with Crippen molar-refractivity contribution in [3.63, 3.8) is 0 Å². The van der Waals surface area contributed by atoms with Crippen molar-refractivity contribution in [2.24, 2.45) is 5.73 Å². The second kappa shape index (κ2) is 11.6. The minimum Gasteiger partial charge on any atom is -0.462 e. The van der Waals surface area contributed by atoms with Crippen LogP contribution in [0.25, 0.3) is 22.0 Å². The van der Waals surface area contributed by atoms with Gasteiger partial charge in [0.25, 0.3) is 5.56 Å². The molecule has 0 bridgehead atoms. The predicted octanol–water partition coefficient (Wildman–Crippen LogP) is 2.94. The van der Waals surface area contributed by atoms with Crippen molar-refractivity contribution in [2.45, 2.75) is 25.1 Å². The number of esters is 1. The number of amides is 2. The lowest BCUT2D eigenvalue weighted by atomic mass is 10.0. The SMILES string of the molecule is NCCNC(=O)CCC(=O)OC[C@H]1CN(c2ccc3cc(-c4ccccc4C(F)(F)F)[nH]c(=O)c3c2)C(=O)O1. The summed E-state index contributed by atoms with van der Waals surface area (Å²) < 4.78 is 50.7. The van der Waals surface area contributed by atoms with Gasteiger partial charge in [-0.05, 0) is 29.7 Å². The molecule has 4 N–H and O–H groups in total. The quantitative estimate of drug-likeness (QED) is 0.350. The first-order valence-electron chi connectivity index (χ1n) is 12.0. The number of rotatable bonds is 9. The number of halogens is 3. The van der Waals surface area contributed by atoms with Gasteiger partial charge in [-0.15, -0.1) is 0 Å². The molecule has 13 heteroatoms. The van der Waals surface area contributed by atoms with Gasteiger partial charge in [-0.25, -0.2) is 4.79 Å². The monoisotopic (exact) mass is 546 g/mol. The topological polar surface area (TPSA) is 144 Å². The van der Waals surface area contributed by atoms with E-state index in [0.29, 0.717) is 17.6 Å². The molecular weight excluding hydrogens is 521 g/mol. The maximum absolute atomic E-state index is 13.5. The van der Waals surface area contributed by atoms with Crippen LogP contribution in [0.1, 0.15) is 18.4 Å². The minimum atomic E-state index is -4.60. The molecular formula is C26H25F3N4O6. The van der Waals surface area contributed by atoms with Crippen LogP contribution < -0.4 is 21.5 Å². The highest BCUT2D eigenvalue weighted by atomic mass is 19.4. The summed E-state index contributed by atoms with van der Waals surface area (Å²) in [6.07, 6.45) is -6.31. The Kier molecular flexibility index (Phi) is 8.19. The molecule has 10 nitrogen and oxygen atoms in total. The fourth-order valence-electron chi connectivity index (χ4n) is 4.12. The third kappa shape index (κ3) is 6.55. The van der Waals surface area contributed by atoms with Gasteiger partial charge in [0.1, 0.15) is 6.61 Å². The van der Waals surface area contributed by atoms with Crippen LogP contribution >= 0.6 is 0 Å². The zero-order valence-corrected chi connectivity index (χ0v) is 20.5. The lowest BCUT2D eigenvalue weighted by Gasteiger charge is -2.15. The van der Waals surface area contributed by atoms with Crippen LogP contribution in [0.15, 0.2) is 53.3 Å². The summed E-state index contributed by atoms with van der Waals surface area (Å²) in [5, 5.41) is 3.07. The van der Waals surface area contributed by atoms with Gasteiger partial charge in [-0.1, -0.05) is 24.3 Å². The van der Waals surface area contributed by atoms with E-state index in [1.165, 1.54) is 47.4 Å². The molecule has 1 fully saturated rings. The number of fused-ring (bicyclic) bond motifs is 1. The molecule has 1 saturated heterocycles. The molecule has 1 aliphatic heterocycles. The number of nitrogens with zero attached hydrogens (tertiary/aromatic N) is 1. The van der Waals surface area contributed by atoms with Crippen LogP contribution in [0.2, 0.25) is 0 Å². The molecule has 3 aromatic rings. The molecule has 2 heterocycles. The van der Waals surface area contributed by atoms with Gasteiger partial charge in [0.05, 0.1) is 18.5 Å². The number of pyridine rings is 1. The molecule has 0 saturated carbocycles. The highest BCUT2D eigenvalue weighted by Crippen LogP contribution is 2.36. The summed E-state index contributed by atoms with van der Waals surface area (Å²) in [5.41, 5.74) is 3.96. The summed E-state index contributed by atoms with van der Waals surface area (Å²) in [5.74, 6) is -0.966. The van der Waals surface area contributed by atoms with Crippen molar-refractivity contribution >= 4 is 34.4 Å². The van der Waals surface area contributed by atoms with E-state index in [4.69, 9.17) is 15.2 Å². The van der Waals surface area contributed by atoms with E-state index < -0.39 is 35.5 Å². The molecule has 39 heavy (non-hydrogen) atoms. The average Bonchev–Trinajstić information content (AvgIpc) is 3.29. The summed E-state index contributed by atoms with van der Waals surface area (Å²) in [6, 6.07) is 10.9. The largest absolute Gasteiger partial charge is 0.462 e. The molecule has 1 aromatic heterocycles. The fourth-order valence-corrected chi connectivity index (χ4v) is 4.12. The molecule has 0 unspecified atom stereocenters. The van der Waals surface area contributed by atoms with Crippen molar-refractivity contribution in [3.8, 4) is 11.3 Å². The van der Waals surface area contributed by atoms with E-state index in [9.17, 15) is 32.3 Å². The fraction of sp³-hybridized carbons (Fsp3) is 0.308. The standard InChI is InChI=1S/C26H25F3N4O6/c27-26(28,29)20-4-2-1-3-18(20)21-11-15-5-6-16(12-19(15)24(36)32-21)33-13-17(39-25(33)37)14-38-23(35)8-7-22(34)31-10-9-30/h1-6,11-12,17H,7-10,13-14,30H2,(H,31,34)(H,32,36)/t17-/m1/s1. The minimum absolute atomic E-state index is 0.00694. The Morgan fingerprint density at radius 1 is 1.13 bits per heavy atom. The average molecular weight is 547 g/mol. The third-order valence-electron chi connectivity index (χ3n) is 5.99. The molecule has 0 aliphatic carbocycles. The van der Waals surface area contributed by atoms with Crippen molar-refractivity contribution in [2.75, 3.05) is 31.1 Å². The van der Waals surface area contributed by atoms with E-state index in [-0.39, 0.29) is 55.1 Å². The van der Waals surface area contributed by atoms with Gasteiger partial charge >= 0.3 is 18.2 Å². The van der Waals surface area contributed by atoms with Gasteiger partial charge in [0.15, 0.2) is 6.10 Å². The Morgan fingerprint density at radius 3 is 2.64 bits per heavy atom. The Bertz CT molecular complexity index is 1460. The summed E-state index contributed by atoms with van der Waals surface area (Å²) in [4.78, 5) is 52.5. The highest BCUT2D eigenvalue weighted by molar-refractivity contribution is 5.95. The van der Waals surface area contributed by atoms with Gasteiger partial charge in [0, 0.05) is 41.8 Å². The second-order valence-electron chi connectivity index (χ2n) is 8.77. The number of cyclic esters (lactones) is 1. The van der Waals surface area contributed by atoms with E-state index in [2.05, 4.69) is 10.3 Å². The van der Waals surface area contributed by atoms with Crippen molar-refractivity contribution in [3.05, 3.63) is 64.4 Å². The molecule has 1 aliphatic rings. The molecule has 4 rings (SSSR count). The zero-order valence-electron chi connectivity index (χ0n) is 20.5. The number of hydrogen-bond donors (Lipinski definition) is 3. The zero-order chi connectivity index (χ0) is 28.2. The number of aromatic amines is 1. The van der Waals surface area contributed by atoms with Crippen LogP contribution in [0.5, 0.6) is 0 Å². The number of carbonyl (C=O) groups is 3. The Hall–Kier alpha value is -4.39. The first-order chi connectivity index (χ1) is 18.6. The van der Waals surface area contributed by atoms with Crippen LogP contribution in [-0.4, -0.2) is 55.3 Å². The number of benzene rings is 2. The van der Waals surface area contributed by atoms with Gasteiger partial charge in [-0.3, -0.25) is 19.3 Å². The number of H-pyrrole nitrogens is 1. The number of aromatic nitrogens is 1. The molecule has 206 valence electrons. The van der Waals surface area contributed by atoms with Crippen LogP contribution in [0.4, 0.5) is 23.7 Å². The number of ether oxygens (including phenoxy) is 2. The Balaban J connectivity index is 1.44. The van der Waals surface area contributed by atoms with E-state index in [1.54, 1.807) is 0 Å². The molecule has 2 amide bonds. The second-order valence-corrected chi connectivity index (χ2v) is 8.77. The van der Waals surface area contributed by atoms with E-state index >= 15 is 0 Å². The van der Waals surface area contributed by atoms with Crippen LogP contribution in [0, 0.1) is 0 Å². The third-order valence-corrected chi connectivity index (χ3v) is 5.99. The van der Waals surface area contributed by atoms with Crippen molar-refractivity contribution < 1.29 is 37.0 Å². The maximum atomic E-state index is 13.5. The number of nitrogens with two attached hydrogens (primary N) is 1. The summed E-state index contributed by atoms with van der Waals surface area (Å²) in [7, 11) is 0. The number of anilines is 1. The lowest BCUT2D eigenvalue weighted by Crippen LogP contribution is -2.29. The number of carbonyl (C=O) groups excluding carboxylic acids is 3. The van der Waals surface area contributed by atoms with Gasteiger partial charge in [0.2, 0.25) is 5.91 Å². The molecule has 1 atom stereocenters. The van der Waals surface area contributed by atoms with Crippen molar-refractivity contribution in [1.82, 2.24) is 10.3 Å². The van der Waals surface area contributed by atoms with Crippen molar-refractivity contribution in [1.29, 1.82) is 0 Å². The van der Waals surface area contributed by atoms with E-state index in [1.807, 2.05) is 0 Å². The van der Waals surface area contributed by atoms with Crippen LogP contribution in [-0.2, 0) is 25.2 Å². The van der Waals surface area contributed by atoms with Gasteiger partial charge in [-0.2, -0.15) is 13.2 Å². The maximum Gasteiger partial charge on any atom is 0.417 e. The molecule has 0 radical (unpaired) electrons. The summed E-state index contributed by atoms with van der Waals surface area (Å²) >= 11 is 0. The smallest absolute Gasteiger partial charge is 0.417 e. The number of hydrogen-bond acceptors (Lipinski definition) is 7. The van der Waals surface area contributed by atoms with Crippen LogP contribution in [0.3, 0.4) is 0 Å².